The second kappa shape index (κ2) is 5.96. The molecule has 2 heterocycles. The fourth-order valence-corrected chi connectivity index (χ4v) is 4.57. The van der Waals surface area contributed by atoms with Crippen LogP contribution in [0.5, 0.6) is 0 Å². The molecule has 1 N–H and O–H groups in total. The molecule has 0 radical (unpaired) electrons. The number of aliphatic hydroxyl groups is 1. The van der Waals surface area contributed by atoms with E-state index in [2.05, 4.69) is 26.7 Å². The molecular formula is C17H15N3OS2. The van der Waals surface area contributed by atoms with Gasteiger partial charge in [0.1, 0.15) is 0 Å². The lowest BCUT2D eigenvalue weighted by Crippen LogP contribution is -2.03. The Bertz CT molecular complexity index is 976. The van der Waals surface area contributed by atoms with E-state index < -0.39 is 6.10 Å². The highest BCUT2D eigenvalue weighted by Crippen LogP contribution is 2.31. The molecule has 116 valence electrons. The number of nitrogens with zero attached hydrogens (tertiary/aromatic N) is 3. The van der Waals surface area contributed by atoms with E-state index in [1.54, 1.807) is 11.3 Å². The van der Waals surface area contributed by atoms with Crippen LogP contribution in [0.15, 0.2) is 53.7 Å². The summed E-state index contributed by atoms with van der Waals surface area (Å²) in [6, 6.07) is 16.1. The van der Waals surface area contributed by atoms with E-state index in [0.29, 0.717) is 5.75 Å². The van der Waals surface area contributed by atoms with Gasteiger partial charge in [0.2, 0.25) is 4.96 Å². The lowest BCUT2D eigenvalue weighted by Gasteiger charge is -2.12. The van der Waals surface area contributed by atoms with E-state index in [0.717, 1.165) is 26.8 Å². The van der Waals surface area contributed by atoms with Crippen molar-refractivity contribution in [2.75, 3.05) is 5.75 Å². The maximum atomic E-state index is 10.5. The third-order valence-corrected chi connectivity index (χ3v) is 5.85. The average Bonchev–Trinajstić information content (AvgIpc) is 3.12. The van der Waals surface area contributed by atoms with Crippen molar-refractivity contribution in [3.05, 3.63) is 59.7 Å². The van der Waals surface area contributed by atoms with Crippen LogP contribution in [-0.4, -0.2) is 25.5 Å². The molecule has 0 aliphatic rings. The largest absolute Gasteiger partial charge is 0.388 e. The summed E-state index contributed by atoms with van der Waals surface area (Å²) < 4.78 is 3.26. The van der Waals surface area contributed by atoms with Gasteiger partial charge in [0.15, 0.2) is 5.16 Å². The van der Waals surface area contributed by atoms with Gasteiger partial charge >= 0.3 is 0 Å². The zero-order valence-corrected chi connectivity index (χ0v) is 14.1. The first kappa shape index (κ1) is 14.7. The van der Waals surface area contributed by atoms with Gasteiger partial charge in [-0.15, -0.1) is 10.2 Å². The Labute approximate surface area is 141 Å². The molecule has 0 bridgehead atoms. The van der Waals surface area contributed by atoms with Gasteiger partial charge in [-0.3, -0.25) is 4.40 Å². The molecule has 0 spiro atoms. The second-order valence-corrected chi connectivity index (χ2v) is 7.35. The zero-order chi connectivity index (χ0) is 15.8. The summed E-state index contributed by atoms with van der Waals surface area (Å²) >= 11 is 3.16. The molecule has 4 rings (SSSR count). The van der Waals surface area contributed by atoms with Crippen molar-refractivity contribution in [3.8, 4) is 0 Å². The Morgan fingerprint density at radius 1 is 1.13 bits per heavy atom. The first-order valence-corrected chi connectivity index (χ1v) is 9.13. The Hall–Kier alpha value is -1.89. The normalized spacial score (nSPS) is 13.0. The van der Waals surface area contributed by atoms with Crippen molar-refractivity contribution in [2.24, 2.45) is 0 Å². The smallest absolute Gasteiger partial charge is 0.217 e. The van der Waals surface area contributed by atoms with Crippen LogP contribution >= 0.6 is 23.1 Å². The summed E-state index contributed by atoms with van der Waals surface area (Å²) in [5.74, 6) is 0.551. The van der Waals surface area contributed by atoms with Crippen molar-refractivity contribution in [1.29, 1.82) is 0 Å². The molecule has 4 aromatic rings. The molecule has 0 amide bonds. The molecular weight excluding hydrogens is 326 g/mol. The number of hydrogen-bond acceptors (Lipinski definition) is 5. The molecule has 0 fully saturated rings. The van der Waals surface area contributed by atoms with E-state index in [1.807, 2.05) is 43.3 Å². The third kappa shape index (κ3) is 2.63. The number of fused-ring (bicyclic) bond motifs is 3. The van der Waals surface area contributed by atoms with Crippen LogP contribution in [0, 0.1) is 6.92 Å². The fourth-order valence-electron chi connectivity index (χ4n) is 2.65. The first-order chi connectivity index (χ1) is 11.2. The standard InChI is InChI=1S/C17H15N3OS2/c1-11-6-2-3-7-12(11)14(21)10-22-16-18-19-17-20(16)13-8-4-5-9-15(13)23-17/h2-9,14,21H,10H2,1H3. The molecule has 0 aliphatic heterocycles. The van der Waals surface area contributed by atoms with Crippen LogP contribution in [0.1, 0.15) is 17.2 Å². The molecule has 0 saturated carbocycles. The average molecular weight is 341 g/mol. The van der Waals surface area contributed by atoms with Crippen LogP contribution in [-0.2, 0) is 0 Å². The number of thioether (sulfide) groups is 1. The minimum Gasteiger partial charge on any atom is -0.388 e. The van der Waals surface area contributed by atoms with Gasteiger partial charge < -0.3 is 5.11 Å². The molecule has 4 nitrogen and oxygen atoms in total. The van der Waals surface area contributed by atoms with Crippen LogP contribution in [0.2, 0.25) is 0 Å². The van der Waals surface area contributed by atoms with Gasteiger partial charge in [-0.1, -0.05) is 59.5 Å². The minimum atomic E-state index is -0.515. The number of hydrogen-bond donors (Lipinski definition) is 1. The number of aromatic nitrogens is 3. The molecule has 0 aliphatic carbocycles. The molecule has 6 heteroatoms. The van der Waals surface area contributed by atoms with Crippen LogP contribution in [0.4, 0.5) is 0 Å². The fraction of sp³-hybridized carbons (Fsp3) is 0.176. The van der Waals surface area contributed by atoms with Gasteiger partial charge in [-0.25, -0.2) is 0 Å². The number of benzene rings is 2. The predicted molar refractivity (Wildman–Crippen MR) is 95.2 cm³/mol. The maximum absolute atomic E-state index is 10.5. The summed E-state index contributed by atoms with van der Waals surface area (Å²) in [5, 5.41) is 19.8. The summed E-state index contributed by atoms with van der Waals surface area (Å²) in [6.07, 6.45) is -0.515. The molecule has 1 unspecified atom stereocenters. The van der Waals surface area contributed by atoms with Crippen molar-refractivity contribution in [3.63, 3.8) is 0 Å². The lowest BCUT2D eigenvalue weighted by atomic mass is 10.1. The van der Waals surface area contributed by atoms with E-state index in [4.69, 9.17) is 0 Å². The third-order valence-electron chi connectivity index (χ3n) is 3.83. The summed E-state index contributed by atoms with van der Waals surface area (Å²) in [7, 11) is 0. The van der Waals surface area contributed by atoms with E-state index in [-0.39, 0.29) is 0 Å². The number of para-hydroxylation sites is 1. The zero-order valence-electron chi connectivity index (χ0n) is 12.5. The molecule has 0 saturated heterocycles. The second-order valence-electron chi connectivity index (χ2n) is 5.35. The van der Waals surface area contributed by atoms with Crippen LogP contribution < -0.4 is 0 Å². The summed E-state index contributed by atoms with van der Waals surface area (Å²) in [5.41, 5.74) is 3.19. The monoisotopic (exact) mass is 341 g/mol. The van der Waals surface area contributed by atoms with E-state index >= 15 is 0 Å². The quantitative estimate of drug-likeness (QED) is 0.568. The Kier molecular flexibility index (Phi) is 3.80. The Morgan fingerprint density at radius 2 is 1.91 bits per heavy atom. The first-order valence-electron chi connectivity index (χ1n) is 7.33. The van der Waals surface area contributed by atoms with Gasteiger partial charge in [-0.05, 0) is 30.2 Å². The van der Waals surface area contributed by atoms with Crippen molar-refractivity contribution in [1.82, 2.24) is 14.6 Å². The maximum Gasteiger partial charge on any atom is 0.217 e. The Morgan fingerprint density at radius 3 is 2.78 bits per heavy atom. The number of rotatable bonds is 4. The predicted octanol–water partition coefficient (Wildman–Crippen LogP) is 4.08. The molecule has 2 aromatic carbocycles. The summed E-state index contributed by atoms with van der Waals surface area (Å²) in [6.45, 7) is 2.02. The van der Waals surface area contributed by atoms with Crippen LogP contribution in [0.3, 0.4) is 0 Å². The van der Waals surface area contributed by atoms with Crippen molar-refractivity contribution in [2.45, 2.75) is 18.2 Å². The molecule has 1 atom stereocenters. The van der Waals surface area contributed by atoms with Gasteiger partial charge in [0.05, 0.1) is 16.3 Å². The van der Waals surface area contributed by atoms with E-state index in [9.17, 15) is 5.11 Å². The topological polar surface area (TPSA) is 50.4 Å². The van der Waals surface area contributed by atoms with Crippen LogP contribution in [0.25, 0.3) is 15.2 Å². The Balaban J connectivity index is 1.62. The lowest BCUT2D eigenvalue weighted by molar-refractivity contribution is 0.203. The number of aliphatic hydroxyl groups excluding tert-OH is 1. The number of thiazole rings is 1. The highest BCUT2D eigenvalue weighted by atomic mass is 32.2. The van der Waals surface area contributed by atoms with Gasteiger partial charge in [0.25, 0.3) is 0 Å². The minimum absolute atomic E-state index is 0.515. The molecule has 2 aromatic heterocycles. The SMILES string of the molecule is Cc1ccccc1C(O)CSc1nnc2sc3ccccc3n12. The van der Waals surface area contributed by atoms with Gasteiger partial charge in [0, 0.05) is 5.75 Å². The van der Waals surface area contributed by atoms with E-state index in [1.165, 1.54) is 16.5 Å². The highest BCUT2D eigenvalue weighted by molar-refractivity contribution is 7.99. The van der Waals surface area contributed by atoms with Gasteiger partial charge in [-0.2, -0.15) is 0 Å². The van der Waals surface area contributed by atoms with Crippen molar-refractivity contribution >= 4 is 38.3 Å². The summed E-state index contributed by atoms with van der Waals surface area (Å²) in [4.78, 5) is 0.888. The highest BCUT2D eigenvalue weighted by Gasteiger charge is 2.15. The molecule has 23 heavy (non-hydrogen) atoms. The number of aryl methyl sites for hydroxylation is 1. The van der Waals surface area contributed by atoms with Crippen molar-refractivity contribution < 1.29 is 5.11 Å².